The third-order valence-electron chi connectivity index (χ3n) is 4.79. The molecule has 10 nitrogen and oxygen atoms in total. The number of carbonyl (C=O) groups excluding carboxylic acids is 5. The van der Waals surface area contributed by atoms with Gasteiger partial charge >= 0.3 is 0 Å². The number of pyridine rings is 1. The van der Waals surface area contributed by atoms with Gasteiger partial charge in [0.15, 0.2) is 6.61 Å². The molecule has 0 saturated carbocycles. The van der Waals surface area contributed by atoms with E-state index in [9.17, 15) is 24.0 Å². The lowest BCUT2D eigenvalue weighted by Crippen LogP contribution is -2.54. The molecule has 158 valence electrons. The fraction of sp³-hybridized carbons (Fsp3) is 0.200. The Bertz CT molecular complexity index is 1120. The van der Waals surface area contributed by atoms with E-state index in [0.29, 0.717) is 10.9 Å². The third-order valence-corrected chi connectivity index (χ3v) is 5.02. The molecule has 0 radical (unpaired) electrons. The molecular weight excluding hydrogens is 428 g/mol. The van der Waals surface area contributed by atoms with Crippen molar-refractivity contribution in [2.24, 2.45) is 0 Å². The molecule has 2 N–H and O–H groups in total. The van der Waals surface area contributed by atoms with Crippen molar-refractivity contribution in [1.82, 2.24) is 15.2 Å². The van der Waals surface area contributed by atoms with Gasteiger partial charge in [-0.1, -0.05) is 11.6 Å². The standard InChI is InChI=1S/C20H15ClN4O6/c21-15-5-2-11(8-22-15)31-9-17(27)23-10-1-3-12-13(7-10)20(30)25(19(12)29)14-4-6-16(26)24-18(14)28/h1-3,5,7-8,14H,4,6,9H2,(H,23,27)(H,24,26,28). The summed E-state index contributed by atoms with van der Waals surface area (Å²) >= 11 is 5.69. The van der Waals surface area contributed by atoms with Gasteiger partial charge in [-0.3, -0.25) is 34.2 Å². The highest BCUT2D eigenvalue weighted by molar-refractivity contribution is 6.29. The number of ether oxygens (including phenoxy) is 1. The van der Waals surface area contributed by atoms with Gasteiger partial charge in [-0.2, -0.15) is 0 Å². The second kappa shape index (κ2) is 8.15. The van der Waals surface area contributed by atoms with Crippen molar-refractivity contribution in [2.75, 3.05) is 11.9 Å². The van der Waals surface area contributed by atoms with Crippen LogP contribution in [-0.2, 0) is 14.4 Å². The van der Waals surface area contributed by atoms with Crippen LogP contribution in [0.4, 0.5) is 5.69 Å². The Morgan fingerprint density at radius 1 is 1.16 bits per heavy atom. The van der Waals surface area contributed by atoms with E-state index in [-0.39, 0.29) is 36.3 Å². The van der Waals surface area contributed by atoms with Gasteiger partial charge in [0.05, 0.1) is 17.3 Å². The number of imide groups is 2. The predicted octanol–water partition coefficient (Wildman–Crippen LogP) is 1.15. The Morgan fingerprint density at radius 2 is 1.94 bits per heavy atom. The molecule has 4 rings (SSSR count). The summed E-state index contributed by atoms with van der Waals surface area (Å²) in [5, 5.41) is 5.01. The first-order chi connectivity index (χ1) is 14.8. The molecule has 0 bridgehead atoms. The Hall–Kier alpha value is -3.79. The topological polar surface area (TPSA) is 135 Å². The zero-order valence-electron chi connectivity index (χ0n) is 15.9. The van der Waals surface area contributed by atoms with Crippen LogP contribution in [0.2, 0.25) is 5.15 Å². The van der Waals surface area contributed by atoms with E-state index in [0.717, 1.165) is 4.90 Å². The second-order valence-corrected chi connectivity index (χ2v) is 7.25. The average molecular weight is 443 g/mol. The van der Waals surface area contributed by atoms with Crippen molar-refractivity contribution in [3.63, 3.8) is 0 Å². The van der Waals surface area contributed by atoms with Crippen molar-refractivity contribution in [1.29, 1.82) is 0 Å². The molecule has 1 saturated heterocycles. The van der Waals surface area contributed by atoms with Gasteiger partial charge in [0.2, 0.25) is 11.8 Å². The number of rotatable bonds is 5. The largest absolute Gasteiger partial charge is 0.482 e. The maximum absolute atomic E-state index is 12.8. The Morgan fingerprint density at radius 3 is 2.65 bits per heavy atom. The maximum Gasteiger partial charge on any atom is 0.262 e. The van der Waals surface area contributed by atoms with Crippen LogP contribution >= 0.6 is 11.6 Å². The SMILES string of the molecule is O=C1CCC(N2C(=O)c3ccc(NC(=O)COc4ccc(Cl)nc4)cc3C2=O)C(=O)N1. The molecule has 1 atom stereocenters. The fourth-order valence-electron chi connectivity index (χ4n) is 3.34. The van der Waals surface area contributed by atoms with Crippen molar-refractivity contribution >= 4 is 46.8 Å². The summed E-state index contributed by atoms with van der Waals surface area (Å²) < 4.78 is 5.31. The Labute approximate surface area is 180 Å². The van der Waals surface area contributed by atoms with E-state index in [1.807, 2.05) is 0 Å². The molecule has 3 heterocycles. The molecule has 2 aliphatic heterocycles. The number of anilines is 1. The van der Waals surface area contributed by atoms with Gasteiger partial charge in [-0.25, -0.2) is 4.98 Å². The summed E-state index contributed by atoms with van der Waals surface area (Å²) in [7, 11) is 0. The lowest BCUT2D eigenvalue weighted by atomic mass is 10.0. The summed E-state index contributed by atoms with van der Waals surface area (Å²) in [4.78, 5) is 65.7. The monoisotopic (exact) mass is 442 g/mol. The van der Waals surface area contributed by atoms with Crippen LogP contribution in [-0.4, -0.2) is 52.1 Å². The Kier molecular flexibility index (Phi) is 5.38. The van der Waals surface area contributed by atoms with Gasteiger partial charge in [-0.05, 0) is 36.8 Å². The number of halogens is 1. The molecule has 2 aliphatic rings. The molecule has 11 heteroatoms. The molecule has 31 heavy (non-hydrogen) atoms. The van der Waals surface area contributed by atoms with Crippen LogP contribution in [0.15, 0.2) is 36.5 Å². The minimum atomic E-state index is -1.05. The average Bonchev–Trinajstić information content (AvgIpc) is 2.98. The van der Waals surface area contributed by atoms with Crippen LogP contribution in [0.3, 0.4) is 0 Å². The van der Waals surface area contributed by atoms with E-state index in [4.69, 9.17) is 16.3 Å². The summed E-state index contributed by atoms with van der Waals surface area (Å²) in [5.74, 6) is -2.55. The van der Waals surface area contributed by atoms with Crippen molar-refractivity contribution in [2.45, 2.75) is 18.9 Å². The van der Waals surface area contributed by atoms with Gasteiger partial charge in [0.1, 0.15) is 16.9 Å². The number of benzene rings is 1. The number of hydrogen-bond donors (Lipinski definition) is 2. The van der Waals surface area contributed by atoms with Crippen LogP contribution in [0.1, 0.15) is 33.6 Å². The summed E-state index contributed by atoms with van der Waals surface area (Å²) in [5.41, 5.74) is 0.472. The fourth-order valence-corrected chi connectivity index (χ4v) is 3.45. The van der Waals surface area contributed by atoms with Crippen molar-refractivity contribution in [3.05, 3.63) is 52.8 Å². The number of fused-ring (bicyclic) bond motifs is 1. The van der Waals surface area contributed by atoms with Gasteiger partial charge < -0.3 is 10.1 Å². The quantitative estimate of drug-likeness (QED) is 0.523. The number of nitrogens with zero attached hydrogens (tertiary/aromatic N) is 2. The highest BCUT2D eigenvalue weighted by Gasteiger charge is 2.44. The van der Waals surface area contributed by atoms with Crippen LogP contribution in [0, 0.1) is 0 Å². The summed E-state index contributed by atoms with van der Waals surface area (Å²) in [6.45, 7) is -0.310. The molecule has 0 spiro atoms. The van der Waals surface area contributed by atoms with E-state index >= 15 is 0 Å². The Balaban J connectivity index is 1.44. The minimum Gasteiger partial charge on any atom is -0.482 e. The maximum atomic E-state index is 12.8. The molecule has 1 fully saturated rings. The van der Waals surface area contributed by atoms with Crippen LogP contribution in [0.5, 0.6) is 5.75 Å². The number of amides is 5. The number of piperidine rings is 1. The van der Waals surface area contributed by atoms with Crippen molar-refractivity contribution < 1.29 is 28.7 Å². The van der Waals surface area contributed by atoms with E-state index in [1.54, 1.807) is 6.07 Å². The minimum absolute atomic E-state index is 0.0360. The summed E-state index contributed by atoms with van der Waals surface area (Å²) in [6.07, 6.45) is 1.48. The van der Waals surface area contributed by atoms with E-state index in [1.165, 1.54) is 30.5 Å². The first-order valence-corrected chi connectivity index (χ1v) is 9.61. The molecule has 1 unspecified atom stereocenters. The smallest absolute Gasteiger partial charge is 0.262 e. The normalized spacial score (nSPS) is 18.0. The molecular formula is C20H15ClN4O6. The first kappa shape index (κ1) is 20.5. The molecule has 5 amide bonds. The van der Waals surface area contributed by atoms with Gasteiger partial charge in [0, 0.05) is 12.1 Å². The number of nitrogens with one attached hydrogen (secondary N) is 2. The predicted molar refractivity (Wildman–Crippen MR) is 106 cm³/mol. The van der Waals surface area contributed by atoms with Crippen molar-refractivity contribution in [3.8, 4) is 5.75 Å². The first-order valence-electron chi connectivity index (χ1n) is 9.23. The van der Waals surface area contributed by atoms with E-state index in [2.05, 4.69) is 15.6 Å². The number of carbonyl (C=O) groups is 5. The zero-order valence-corrected chi connectivity index (χ0v) is 16.6. The number of hydrogen-bond acceptors (Lipinski definition) is 7. The highest BCUT2D eigenvalue weighted by Crippen LogP contribution is 2.29. The van der Waals surface area contributed by atoms with Gasteiger partial charge in [0.25, 0.3) is 17.7 Å². The van der Waals surface area contributed by atoms with Crippen LogP contribution < -0.4 is 15.4 Å². The lowest BCUT2D eigenvalue weighted by Gasteiger charge is -2.27. The lowest BCUT2D eigenvalue weighted by molar-refractivity contribution is -0.136. The second-order valence-electron chi connectivity index (χ2n) is 6.86. The molecule has 0 aliphatic carbocycles. The zero-order chi connectivity index (χ0) is 22.1. The summed E-state index contributed by atoms with van der Waals surface area (Å²) in [6, 6.07) is 6.27. The number of aromatic nitrogens is 1. The molecule has 1 aromatic heterocycles. The molecule has 2 aromatic rings. The van der Waals surface area contributed by atoms with E-state index < -0.39 is 35.6 Å². The van der Waals surface area contributed by atoms with Crippen LogP contribution in [0.25, 0.3) is 0 Å². The van der Waals surface area contributed by atoms with Gasteiger partial charge in [-0.15, -0.1) is 0 Å². The highest BCUT2D eigenvalue weighted by atomic mass is 35.5. The molecule has 1 aromatic carbocycles. The third kappa shape index (κ3) is 4.10.